The second-order valence-corrected chi connectivity index (χ2v) is 10.8. The third-order valence-electron chi connectivity index (χ3n) is 8.18. The monoisotopic (exact) mass is 489 g/mol. The Morgan fingerprint density at radius 3 is 3.03 bits per heavy atom. The van der Waals surface area contributed by atoms with Crippen LogP contribution in [0.25, 0.3) is 28.2 Å². The molecule has 3 heterocycles. The van der Waals surface area contributed by atoms with E-state index in [0.29, 0.717) is 12.3 Å². The van der Waals surface area contributed by atoms with Crippen LogP contribution in [0.15, 0.2) is 60.7 Å². The van der Waals surface area contributed by atoms with Crippen molar-refractivity contribution >= 4 is 22.8 Å². The van der Waals surface area contributed by atoms with Crippen LogP contribution in [0.3, 0.4) is 0 Å². The zero-order valence-electron chi connectivity index (χ0n) is 21.0. The maximum Gasteiger partial charge on any atom is 0.163 e. The van der Waals surface area contributed by atoms with Crippen LogP contribution >= 0.6 is 0 Å². The standard InChI is InChI=1S/C32H31N3O2/c36-30(16-21-3-2-13-35(19-21)20-22-6-7-23-4-1-5-24(23)15-22)25-8-10-29-28(18-25)32(34-33-29)27-9-11-31-26(17-27)12-14-37-31/h1,5-11,15,17-18,21H,2-4,12-14,16,19-20H2,(H,33,34)/t21-/m0/s1. The number of aromatic amines is 1. The second kappa shape index (κ2) is 9.31. The molecule has 0 radical (unpaired) electrons. The number of allylic oxidation sites excluding steroid dienone is 1. The molecule has 3 aliphatic rings. The molecule has 7 rings (SSSR count). The number of carbonyl (C=O) groups excluding carboxylic acids is 1. The van der Waals surface area contributed by atoms with E-state index in [-0.39, 0.29) is 5.78 Å². The van der Waals surface area contributed by atoms with Gasteiger partial charge in [-0.15, -0.1) is 0 Å². The number of benzene rings is 3. The van der Waals surface area contributed by atoms with Crippen molar-refractivity contribution in [3.8, 4) is 17.0 Å². The van der Waals surface area contributed by atoms with E-state index in [1.165, 1.54) is 22.3 Å². The van der Waals surface area contributed by atoms with Gasteiger partial charge in [-0.05, 0) is 90.4 Å². The predicted octanol–water partition coefficient (Wildman–Crippen LogP) is 6.22. The van der Waals surface area contributed by atoms with Gasteiger partial charge in [0.25, 0.3) is 0 Å². The number of hydrogen-bond acceptors (Lipinski definition) is 4. The summed E-state index contributed by atoms with van der Waals surface area (Å²) >= 11 is 0. The van der Waals surface area contributed by atoms with E-state index < -0.39 is 0 Å². The normalized spacial score (nSPS) is 18.6. The molecule has 186 valence electrons. The van der Waals surface area contributed by atoms with Crippen molar-refractivity contribution in [1.29, 1.82) is 0 Å². The molecule has 0 amide bonds. The summed E-state index contributed by atoms with van der Waals surface area (Å²) in [6, 6.07) is 19.1. The molecule has 2 aliphatic heterocycles. The van der Waals surface area contributed by atoms with Gasteiger partial charge in [-0.1, -0.05) is 30.4 Å². The number of ether oxygens (including phenoxy) is 1. The van der Waals surface area contributed by atoms with Crippen LogP contribution in [0, 0.1) is 5.92 Å². The van der Waals surface area contributed by atoms with Crippen molar-refractivity contribution in [2.24, 2.45) is 5.92 Å². The topological polar surface area (TPSA) is 58.2 Å². The molecular formula is C32H31N3O2. The van der Waals surface area contributed by atoms with Crippen molar-refractivity contribution in [1.82, 2.24) is 15.1 Å². The summed E-state index contributed by atoms with van der Waals surface area (Å²) < 4.78 is 5.66. The number of nitrogens with zero attached hydrogens (tertiary/aromatic N) is 2. The molecule has 1 aliphatic carbocycles. The van der Waals surface area contributed by atoms with E-state index in [9.17, 15) is 4.79 Å². The summed E-state index contributed by atoms with van der Waals surface area (Å²) in [5, 5.41) is 8.73. The van der Waals surface area contributed by atoms with Crippen molar-refractivity contribution < 1.29 is 9.53 Å². The minimum atomic E-state index is 0.228. The molecule has 0 saturated carbocycles. The van der Waals surface area contributed by atoms with Gasteiger partial charge in [0.15, 0.2) is 5.78 Å². The first kappa shape index (κ1) is 22.5. The van der Waals surface area contributed by atoms with Gasteiger partial charge in [0.1, 0.15) is 5.75 Å². The van der Waals surface area contributed by atoms with E-state index in [0.717, 1.165) is 85.4 Å². The number of rotatable bonds is 6. The third kappa shape index (κ3) is 4.38. The highest BCUT2D eigenvalue weighted by molar-refractivity contribution is 6.02. The van der Waals surface area contributed by atoms with Crippen LogP contribution in [0.4, 0.5) is 0 Å². The van der Waals surface area contributed by atoms with Crippen molar-refractivity contribution in [2.75, 3.05) is 19.7 Å². The molecule has 4 aromatic rings. The average molecular weight is 490 g/mol. The molecular weight excluding hydrogens is 458 g/mol. The fraction of sp³-hybridized carbons (Fsp3) is 0.312. The number of Topliss-reactive ketones (excluding diaryl/α,β-unsaturated/α-hetero) is 1. The predicted molar refractivity (Wildman–Crippen MR) is 147 cm³/mol. The number of likely N-dealkylation sites (tertiary alicyclic amines) is 1. The number of hydrogen-bond donors (Lipinski definition) is 1. The van der Waals surface area contributed by atoms with Crippen LogP contribution in [0.1, 0.15) is 51.9 Å². The summed E-state index contributed by atoms with van der Waals surface area (Å²) in [6.45, 7) is 3.78. The van der Waals surface area contributed by atoms with E-state index in [2.05, 4.69) is 57.6 Å². The van der Waals surface area contributed by atoms with E-state index in [4.69, 9.17) is 4.74 Å². The lowest BCUT2D eigenvalue weighted by Crippen LogP contribution is -2.35. The first-order chi connectivity index (χ1) is 18.2. The number of carbonyl (C=O) groups is 1. The SMILES string of the molecule is O=C(C[C@@H]1CCCN(Cc2ccc3c(c2)C=CC3)C1)c1ccc2[nH]nc(-c3ccc4c(c3)CCO4)c2c1. The van der Waals surface area contributed by atoms with E-state index >= 15 is 0 Å². The Bertz CT molecular complexity index is 1530. The lowest BCUT2D eigenvalue weighted by molar-refractivity contribution is 0.0913. The maximum absolute atomic E-state index is 13.4. The Hall–Kier alpha value is -3.70. The summed E-state index contributed by atoms with van der Waals surface area (Å²) in [7, 11) is 0. The van der Waals surface area contributed by atoms with Crippen molar-refractivity contribution in [2.45, 2.75) is 38.6 Å². The average Bonchev–Trinajstić information content (AvgIpc) is 3.67. The molecule has 1 aromatic heterocycles. The van der Waals surface area contributed by atoms with Gasteiger partial charge in [0.2, 0.25) is 0 Å². The minimum Gasteiger partial charge on any atom is -0.493 e. The molecule has 1 saturated heterocycles. The fourth-order valence-corrected chi connectivity index (χ4v) is 6.24. The number of fused-ring (bicyclic) bond motifs is 3. The molecule has 5 heteroatoms. The smallest absolute Gasteiger partial charge is 0.163 e. The second-order valence-electron chi connectivity index (χ2n) is 10.8. The Morgan fingerprint density at radius 1 is 1.08 bits per heavy atom. The van der Waals surface area contributed by atoms with E-state index in [1.54, 1.807) is 0 Å². The minimum absolute atomic E-state index is 0.228. The van der Waals surface area contributed by atoms with Crippen molar-refractivity contribution in [3.05, 3.63) is 88.5 Å². The number of H-pyrrole nitrogens is 1. The maximum atomic E-state index is 13.4. The Kier molecular flexibility index (Phi) is 5.66. The van der Waals surface area contributed by atoms with Gasteiger partial charge in [-0.3, -0.25) is 14.8 Å². The van der Waals surface area contributed by atoms with Gasteiger partial charge >= 0.3 is 0 Å². The summed E-state index contributed by atoms with van der Waals surface area (Å²) in [5.74, 6) is 1.59. The number of aromatic nitrogens is 2. The molecule has 1 fully saturated rings. The Morgan fingerprint density at radius 2 is 2.05 bits per heavy atom. The van der Waals surface area contributed by atoms with Gasteiger partial charge in [-0.25, -0.2) is 0 Å². The van der Waals surface area contributed by atoms with Gasteiger partial charge in [0, 0.05) is 42.4 Å². The van der Waals surface area contributed by atoms with Gasteiger partial charge in [-0.2, -0.15) is 5.10 Å². The summed E-state index contributed by atoms with van der Waals surface area (Å²) in [6.07, 6.45) is 9.31. The number of ketones is 1. The molecule has 1 atom stereocenters. The first-order valence-corrected chi connectivity index (χ1v) is 13.5. The molecule has 3 aromatic carbocycles. The fourth-order valence-electron chi connectivity index (χ4n) is 6.24. The zero-order valence-corrected chi connectivity index (χ0v) is 21.0. The first-order valence-electron chi connectivity index (χ1n) is 13.5. The quantitative estimate of drug-likeness (QED) is 0.327. The highest BCUT2D eigenvalue weighted by Gasteiger charge is 2.24. The van der Waals surface area contributed by atoms with E-state index in [1.807, 2.05) is 24.3 Å². The highest BCUT2D eigenvalue weighted by atomic mass is 16.5. The Balaban J connectivity index is 1.06. The van der Waals surface area contributed by atoms with Crippen LogP contribution in [-0.4, -0.2) is 40.6 Å². The highest BCUT2D eigenvalue weighted by Crippen LogP contribution is 2.33. The summed E-state index contributed by atoms with van der Waals surface area (Å²) in [5.41, 5.74) is 9.07. The van der Waals surface area contributed by atoms with Gasteiger partial charge in [0.05, 0.1) is 17.8 Å². The lowest BCUT2D eigenvalue weighted by atomic mass is 9.90. The van der Waals surface area contributed by atoms with Crippen LogP contribution in [0.5, 0.6) is 5.75 Å². The van der Waals surface area contributed by atoms with Gasteiger partial charge < -0.3 is 4.74 Å². The van der Waals surface area contributed by atoms with Crippen LogP contribution in [-0.2, 0) is 19.4 Å². The largest absolute Gasteiger partial charge is 0.493 e. The number of piperidine rings is 1. The zero-order chi connectivity index (χ0) is 24.8. The third-order valence-corrected chi connectivity index (χ3v) is 8.18. The molecule has 5 nitrogen and oxygen atoms in total. The molecule has 1 N–H and O–H groups in total. The Labute approximate surface area is 217 Å². The molecule has 0 unspecified atom stereocenters. The number of nitrogens with one attached hydrogen (secondary N) is 1. The summed E-state index contributed by atoms with van der Waals surface area (Å²) in [4.78, 5) is 15.9. The molecule has 0 bridgehead atoms. The molecule has 0 spiro atoms. The lowest BCUT2D eigenvalue weighted by Gasteiger charge is -2.32. The van der Waals surface area contributed by atoms with Crippen molar-refractivity contribution in [3.63, 3.8) is 0 Å². The molecule has 37 heavy (non-hydrogen) atoms. The van der Waals surface area contributed by atoms with Crippen LogP contribution in [0.2, 0.25) is 0 Å². The van der Waals surface area contributed by atoms with Crippen LogP contribution < -0.4 is 4.74 Å².